The summed E-state index contributed by atoms with van der Waals surface area (Å²) in [6, 6.07) is 6.70. The number of ether oxygens (including phenoxy) is 1. The predicted octanol–water partition coefficient (Wildman–Crippen LogP) is 5.14. The minimum Gasteiger partial charge on any atom is -0.448 e. The van der Waals surface area contributed by atoms with Gasteiger partial charge in [-0.1, -0.05) is 24.4 Å². The van der Waals surface area contributed by atoms with Crippen molar-refractivity contribution in [2.75, 3.05) is 26.2 Å². The Morgan fingerprint density at radius 1 is 0.972 bits per heavy atom. The Bertz CT molecular complexity index is 1010. The Kier molecular flexibility index (Phi) is 8.15. The number of halogens is 1. The van der Waals surface area contributed by atoms with Crippen molar-refractivity contribution in [2.45, 2.75) is 100 Å². The van der Waals surface area contributed by atoms with Gasteiger partial charge in [-0.05, 0) is 102 Å². The molecule has 0 aromatic heterocycles. The molecule has 3 aliphatic heterocycles. The molecule has 1 aliphatic carbocycles. The highest BCUT2D eigenvalue weighted by Gasteiger charge is 2.46. The Hall–Kier alpha value is -1.35. The summed E-state index contributed by atoms with van der Waals surface area (Å²) < 4.78 is 35.1. The summed E-state index contributed by atoms with van der Waals surface area (Å²) in [6.07, 6.45) is 10.2. The van der Waals surface area contributed by atoms with Crippen molar-refractivity contribution in [2.24, 2.45) is 5.92 Å². The molecule has 4 aliphatic rings. The number of nitrogens with zero attached hydrogens (tertiary/aromatic N) is 3. The van der Waals surface area contributed by atoms with Crippen LogP contribution < -0.4 is 0 Å². The van der Waals surface area contributed by atoms with E-state index in [1.54, 1.807) is 28.6 Å². The first-order valence-corrected chi connectivity index (χ1v) is 15.6. The summed E-state index contributed by atoms with van der Waals surface area (Å²) in [5.41, 5.74) is 0. The lowest BCUT2D eigenvalue weighted by molar-refractivity contribution is 0.0270. The molecular weight excluding hydrogens is 498 g/mol. The van der Waals surface area contributed by atoms with Gasteiger partial charge in [-0.3, -0.25) is 0 Å². The molecule has 5 rings (SSSR count). The molecule has 0 spiro atoms. The smallest absolute Gasteiger partial charge is 0.410 e. The van der Waals surface area contributed by atoms with E-state index in [-0.39, 0.29) is 35.7 Å². The third-order valence-electron chi connectivity index (χ3n) is 8.67. The second-order valence-corrected chi connectivity index (χ2v) is 13.5. The van der Waals surface area contributed by atoms with Gasteiger partial charge in [0.05, 0.1) is 10.9 Å². The van der Waals surface area contributed by atoms with Gasteiger partial charge in [0.15, 0.2) is 0 Å². The average molecular weight is 538 g/mol. The Balaban J connectivity index is 1.24. The van der Waals surface area contributed by atoms with Crippen molar-refractivity contribution >= 4 is 27.7 Å². The van der Waals surface area contributed by atoms with Crippen LogP contribution in [-0.4, -0.2) is 79.0 Å². The molecule has 1 aromatic rings. The Labute approximate surface area is 221 Å². The first-order valence-electron chi connectivity index (χ1n) is 13.8. The standard InChI is InChI=1S/C27H40ClN3O4S/c1-20-18-23(29-15-3-2-4-16-29)14-17-30(20)27(32)35-19-24-6-5-7-26(21-8-9-21)31(24)36(33,34)25-12-10-22(28)11-13-25/h10-13,20-21,23-24,26H,2-9,14-19H2,1H3. The van der Waals surface area contributed by atoms with E-state index in [9.17, 15) is 13.2 Å². The molecule has 0 radical (unpaired) electrons. The topological polar surface area (TPSA) is 70.2 Å². The number of amides is 1. The van der Waals surface area contributed by atoms with Crippen molar-refractivity contribution < 1.29 is 17.9 Å². The van der Waals surface area contributed by atoms with Crippen LogP contribution in [0.1, 0.15) is 71.1 Å². The van der Waals surface area contributed by atoms with Crippen LogP contribution >= 0.6 is 11.6 Å². The highest BCUT2D eigenvalue weighted by molar-refractivity contribution is 7.89. The van der Waals surface area contributed by atoms with Gasteiger partial charge >= 0.3 is 6.09 Å². The molecule has 1 saturated carbocycles. The molecule has 200 valence electrons. The zero-order valence-electron chi connectivity index (χ0n) is 21.4. The van der Waals surface area contributed by atoms with E-state index in [1.807, 2.05) is 4.90 Å². The minimum absolute atomic E-state index is 0.0256. The number of likely N-dealkylation sites (tertiary alicyclic amines) is 2. The lowest BCUT2D eigenvalue weighted by atomic mass is 9.95. The van der Waals surface area contributed by atoms with E-state index in [2.05, 4.69) is 11.8 Å². The van der Waals surface area contributed by atoms with Crippen LogP contribution in [0.3, 0.4) is 0 Å². The third kappa shape index (κ3) is 5.71. The number of hydrogen-bond donors (Lipinski definition) is 0. The number of carbonyl (C=O) groups excluding carboxylic acids is 1. The van der Waals surface area contributed by atoms with E-state index in [1.165, 1.54) is 32.4 Å². The summed E-state index contributed by atoms with van der Waals surface area (Å²) in [4.78, 5) is 17.8. The van der Waals surface area contributed by atoms with Crippen LogP contribution in [0.25, 0.3) is 0 Å². The van der Waals surface area contributed by atoms with Crippen molar-refractivity contribution in [3.8, 4) is 0 Å². The zero-order valence-corrected chi connectivity index (χ0v) is 22.9. The van der Waals surface area contributed by atoms with Crippen LogP contribution in [-0.2, 0) is 14.8 Å². The highest BCUT2D eigenvalue weighted by Crippen LogP contribution is 2.43. The Morgan fingerprint density at radius 3 is 2.36 bits per heavy atom. The van der Waals surface area contributed by atoms with Gasteiger partial charge in [0.25, 0.3) is 0 Å². The van der Waals surface area contributed by atoms with Gasteiger partial charge in [0.2, 0.25) is 10.0 Å². The third-order valence-corrected chi connectivity index (χ3v) is 10.9. The normalized spacial score (nSPS) is 30.8. The van der Waals surface area contributed by atoms with Crippen molar-refractivity contribution in [1.29, 1.82) is 0 Å². The van der Waals surface area contributed by atoms with Crippen molar-refractivity contribution in [1.82, 2.24) is 14.1 Å². The fraction of sp³-hybridized carbons (Fsp3) is 0.741. The summed E-state index contributed by atoms with van der Waals surface area (Å²) in [7, 11) is -3.72. The fourth-order valence-corrected chi connectivity index (χ4v) is 8.60. The second kappa shape index (κ2) is 11.2. The maximum atomic E-state index is 13.8. The van der Waals surface area contributed by atoms with Crippen LogP contribution in [0.4, 0.5) is 4.79 Å². The zero-order chi connectivity index (χ0) is 25.3. The molecule has 7 nitrogen and oxygen atoms in total. The van der Waals surface area contributed by atoms with E-state index in [4.69, 9.17) is 16.3 Å². The van der Waals surface area contributed by atoms with Gasteiger partial charge in [0, 0.05) is 29.7 Å². The molecule has 3 saturated heterocycles. The lowest BCUT2D eigenvalue weighted by Gasteiger charge is -2.44. The molecule has 4 fully saturated rings. The fourth-order valence-electron chi connectivity index (χ4n) is 6.56. The molecule has 9 heteroatoms. The van der Waals surface area contributed by atoms with Crippen LogP contribution in [0.5, 0.6) is 0 Å². The van der Waals surface area contributed by atoms with Gasteiger partial charge in [-0.15, -0.1) is 0 Å². The van der Waals surface area contributed by atoms with E-state index in [0.29, 0.717) is 29.9 Å². The van der Waals surface area contributed by atoms with Gasteiger partial charge in [-0.25, -0.2) is 13.2 Å². The summed E-state index contributed by atoms with van der Waals surface area (Å²) in [6.45, 7) is 5.25. The minimum atomic E-state index is -3.72. The summed E-state index contributed by atoms with van der Waals surface area (Å²) >= 11 is 6.02. The summed E-state index contributed by atoms with van der Waals surface area (Å²) in [5.74, 6) is 0.402. The molecule has 36 heavy (non-hydrogen) atoms. The van der Waals surface area contributed by atoms with E-state index in [0.717, 1.165) is 38.5 Å². The average Bonchev–Trinajstić information content (AvgIpc) is 3.73. The SMILES string of the molecule is CC1CC(N2CCCCC2)CCN1C(=O)OCC1CCCC(C2CC2)N1S(=O)(=O)c1ccc(Cl)cc1. The van der Waals surface area contributed by atoms with Gasteiger partial charge < -0.3 is 14.5 Å². The molecule has 1 amide bonds. The number of carbonyl (C=O) groups is 1. The Morgan fingerprint density at radius 2 is 1.69 bits per heavy atom. The maximum absolute atomic E-state index is 13.8. The molecule has 0 bridgehead atoms. The van der Waals surface area contributed by atoms with Crippen LogP contribution in [0, 0.1) is 5.92 Å². The number of piperidine rings is 3. The maximum Gasteiger partial charge on any atom is 0.410 e. The first kappa shape index (κ1) is 26.3. The molecule has 1 aromatic carbocycles. The highest BCUT2D eigenvalue weighted by atomic mass is 35.5. The second-order valence-electron chi connectivity index (χ2n) is 11.2. The number of benzene rings is 1. The predicted molar refractivity (Wildman–Crippen MR) is 141 cm³/mol. The molecular formula is C27H40ClN3O4S. The van der Waals surface area contributed by atoms with Crippen molar-refractivity contribution in [3.05, 3.63) is 29.3 Å². The largest absolute Gasteiger partial charge is 0.448 e. The number of hydrogen-bond acceptors (Lipinski definition) is 5. The van der Waals surface area contributed by atoms with Crippen LogP contribution in [0.15, 0.2) is 29.2 Å². The van der Waals surface area contributed by atoms with Crippen molar-refractivity contribution in [3.63, 3.8) is 0 Å². The lowest BCUT2D eigenvalue weighted by Crippen LogP contribution is -2.54. The quantitative estimate of drug-likeness (QED) is 0.502. The van der Waals surface area contributed by atoms with E-state index < -0.39 is 10.0 Å². The number of rotatable bonds is 6. The van der Waals surface area contributed by atoms with Gasteiger partial charge in [-0.2, -0.15) is 4.31 Å². The molecule has 4 atom stereocenters. The monoisotopic (exact) mass is 537 g/mol. The van der Waals surface area contributed by atoms with E-state index >= 15 is 0 Å². The molecule has 0 N–H and O–H groups in total. The molecule has 3 heterocycles. The van der Waals surface area contributed by atoms with Crippen LogP contribution in [0.2, 0.25) is 5.02 Å². The number of sulfonamides is 1. The molecule has 4 unspecified atom stereocenters. The first-order chi connectivity index (χ1) is 17.3. The summed E-state index contributed by atoms with van der Waals surface area (Å²) in [5, 5.41) is 0.509. The van der Waals surface area contributed by atoms with Gasteiger partial charge in [0.1, 0.15) is 6.61 Å².